The SMILES string of the molecule is O=C(CSc1nnc(C2CC2)o1)Nc1ccc(F)c(F)c1. The third kappa shape index (κ3) is 3.57. The third-order valence-corrected chi connectivity index (χ3v) is 3.70. The highest BCUT2D eigenvalue weighted by Gasteiger charge is 2.29. The van der Waals surface area contributed by atoms with Crippen molar-refractivity contribution in [2.45, 2.75) is 24.0 Å². The largest absolute Gasteiger partial charge is 0.416 e. The van der Waals surface area contributed by atoms with Crippen molar-refractivity contribution in [1.29, 1.82) is 0 Å². The van der Waals surface area contributed by atoms with Crippen molar-refractivity contribution in [1.82, 2.24) is 10.2 Å². The molecular weight excluding hydrogens is 300 g/mol. The second kappa shape index (κ2) is 5.80. The molecule has 1 heterocycles. The quantitative estimate of drug-likeness (QED) is 0.860. The predicted molar refractivity (Wildman–Crippen MR) is 72.0 cm³/mol. The Hall–Kier alpha value is -1.96. The highest BCUT2D eigenvalue weighted by Crippen LogP contribution is 2.39. The van der Waals surface area contributed by atoms with E-state index in [-0.39, 0.29) is 17.3 Å². The number of carbonyl (C=O) groups excluding carboxylic acids is 1. The molecule has 0 saturated heterocycles. The van der Waals surface area contributed by atoms with E-state index >= 15 is 0 Å². The van der Waals surface area contributed by atoms with Crippen LogP contribution >= 0.6 is 11.8 Å². The van der Waals surface area contributed by atoms with Gasteiger partial charge in [0.05, 0.1) is 5.75 Å². The van der Waals surface area contributed by atoms with E-state index in [4.69, 9.17) is 4.42 Å². The molecule has 0 spiro atoms. The van der Waals surface area contributed by atoms with E-state index in [1.165, 1.54) is 6.07 Å². The summed E-state index contributed by atoms with van der Waals surface area (Å²) < 4.78 is 31.2. The number of thioether (sulfide) groups is 1. The number of anilines is 1. The van der Waals surface area contributed by atoms with E-state index < -0.39 is 11.6 Å². The van der Waals surface area contributed by atoms with Crippen LogP contribution in [0.5, 0.6) is 0 Å². The molecule has 1 amide bonds. The lowest BCUT2D eigenvalue weighted by Crippen LogP contribution is -2.14. The number of aromatic nitrogens is 2. The van der Waals surface area contributed by atoms with Crippen LogP contribution < -0.4 is 5.32 Å². The summed E-state index contributed by atoms with van der Waals surface area (Å²) in [6.07, 6.45) is 2.12. The van der Waals surface area contributed by atoms with Gasteiger partial charge in [-0.3, -0.25) is 4.79 Å². The topological polar surface area (TPSA) is 68.0 Å². The van der Waals surface area contributed by atoms with Crippen LogP contribution in [0.2, 0.25) is 0 Å². The molecule has 1 aromatic carbocycles. The van der Waals surface area contributed by atoms with Crippen molar-refractivity contribution in [2.24, 2.45) is 0 Å². The minimum Gasteiger partial charge on any atom is -0.416 e. The summed E-state index contributed by atoms with van der Waals surface area (Å²) in [7, 11) is 0. The Morgan fingerprint density at radius 2 is 2.14 bits per heavy atom. The molecule has 1 N–H and O–H groups in total. The standard InChI is InChI=1S/C13H11F2N3O2S/c14-9-4-3-8(5-10(9)15)16-11(19)6-21-13-18-17-12(20-13)7-1-2-7/h3-5,7H,1-2,6H2,(H,16,19). The van der Waals surface area contributed by atoms with Crippen LogP contribution in [0, 0.1) is 11.6 Å². The minimum atomic E-state index is -1.01. The molecule has 0 bridgehead atoms. The molecule has 0 aliphatic heterocycles. The van der Waals surface area contributed by atoms with Gasteiger partial charge < -0.3 is 9.73 Å². The number of nitrogens with zero attached hydrogens (tertiary/aromatic N) is 2. The minimum absolute atomic E-state index is 0.0469. The number of nitrogens with one attached hydrogen (secondary N) is 1. The van der Waals surface area contributed by atoms with Gasteiger partial charge in [-0.05, 0) is 25.0 Å². The van der Waals surface area contributed by atoms with Crippen LogP contribution in [0.25, 0.3) is 0 Å². The molecule has 1 saturated carbocycles. The van der Waals surface area contributed by atoms with E-state index in [9.17, 15) is 13.6 Å². The molecule has 1 fully saturated rings. The molecule has 3 rings (SSSR count). The first-order chi connectivity index (χ1) is 10.1. The molecular formula is C13H11F2N3O2S. The average Bonchev–Trinajstić information content (AvgIpc) is 3.20. The summed E-state index contributed by atoms with van der Waals surface area (Å²) in [6.45, 7) is 0. The van der Waals surface area contributed by atoms with Gasteiger partial charge in [0, 0.05) is 17.7 Å². The number of halogens is 2. The second-order valence-electron chi connectivity index (χ2n) is 4.65. The van der Waals surface area contributed by atoms with Gasteiger partial charge in [-0.15, -0.1) is 10.2 Å². The van der Waals surface area contributed by atoms with Crippen molar-refractivity contribution >= 4 is 23.4 Å². The first-order valence-electron chi connectivity index (χ1n) is 6.33. The van der Waals surface area contributed by atoms with Crippen molar-refractivity contribution in [2.75, 3.05) is 11.1 Å². The molecule has 8 heteroatoms. The molecule has 110 valence electrons. The van der Waals surface area contributed by atoms with Crippen LogP contribution in [0.4, 0.5) is 14.5 Å². The van der Waals surface area contributed by atoms with E-state index in [0.29, 0.717) is 17.0 Å². The van der Waals surface area contributed by atoms with Gasteiger partial charge in [-0.2, -0.15) is 0 Å². The van der Waals surface area contributed by atoms with E-state index in [2.05, 4.69) is 15.5 Å². The van der Waals surface area contributed by atoms with Crippen LogP contribution in [0.15, 0.2) is 27.8 Å². The smallest absolute Gasteiger partial charge is 0.277 e. The van der Waals surface area contributed by atoms with Gasteiger partial charge in [-0.1, -0.05) is 11.8 Å². The molecule has 21 heavy (non-hydrogen) atoms. The van der Waals surface area contributed by atoms with E-state index in [1.54, 1.807) is 0 Å². The summed E-state index contributed by atoms with van der Waals surface area (Å²) in [5, 5.41) is 10.5. The Morgan fingerprint density at radius 1 is 1.33 bits per heavy atom. The van der Waals surface area contributed by atoms with Gasteiger partial charge in [0.1, 0.15) is 0 Å². The lowest BCUT2D eigenvalue weighted by Gasteiger charge is -2.04. The Balaban J connectivity index is 1.52. The van der Waals surface area contributed by atoms with Crippen molar-refractivity contribution < 1.29 is 18.0 Å². The number of benzene rings is 1. The fourth-order valence-electron chi connectivity index (χ4n) is 1.67. The maximum absolute atomic E-state index is 13.0. The monoisotopic (exact) mass is 311 g/mol. The van der Waals surface area contributed by atoms with Crippen molar-refractivity contribution in [3.63, 3.8) is 0 Å². The van der Waals surface area contributed by atoms with Crippen molar-refractivity contribution in [3.05, 3.63) is 35.7 Å². The Kier molecular flexibility index (Phi) is 3.87. The van der Waals surface area contributed by atoms with Gasteiger partial charge in [0.2, 0.25) is 11.8 Å². The molecule has 1 aromatic heterocycles. The Morgan fingerprint density at radius 3 is 2.86 bits per heavy atom. The predicted octanol–water partition coefficient (Wildman–Crippen LogP) is 2.96. The summed E-state index contributed by atoms with van der Waals surface area (Å²) >= 11 is 1.10. The van der Waals surface area contributed by atoms with Gasteiger partial charge in [0.25, 0.3) is 5.22 Å². The maximum atomic E-state index is 13.0. The van der Waals surface area contributed by atoms with Gasteiger partial charge in [0.15, 0.2) is 11.6 Å². The Labute approximate surface area is 123 Å². The highest BCUT2D eigenvalue weighted by molar-refractivity contribution is 7.99. The lowest BCUT2D eigenvalue weighted by molar-refractivity contribution is -0.113. The molecule has 0 radical (unpaired) electrons. The molecule has 1 aliphatic carbocycles. The van der Waals surface area contributed by atoms with Crippen LogP contribution in [0.1, 0.15) is 24.7 Å². The zero-order chi connectivity index (χ0) is 14.8. The molecule has 0 atom stereocenters. The first-order valence-corrected chi connectivity index (χ1v) is 7.31. The van der Waals surface area contributed by atoms with Crippen LogP contribution in [-0.4, -0.2) is 21.9 Å². The third-order valence-electron chi connectivity index (χ3n) is 2.88. The second-order valence-corrected chi connectivity index (χ2v) is 5.57. The number of rotatable bonds is 5. The zero-order valence-electron chi connectivity index (χ0n) is 10.8. The van der Waals surface area contributed by atoms with Gasteiger partial charge in [-0.25, -0.2) is 8.78 Å². The summed E-state index contributed by atoms with van der Waals surface area (Å²) in [4.78, 5) is 11.7. The lowest BCUT2D eigenvalue weighted by atomic mass is 10.3. The summed E-state index contributed by atoms with van der Waals surface area (Å²) in [5.41, 5.74) is 0.198. The fourth-order valence-corrected chi connectivity index (χ4v) is 2.24. The molecule has 5 nitrogen and oxygen atoms in total. The van der Waals surface area contributed by atoms with Crippen LogP contribution in [-0.2, 0) is 4.79 Å². The fraction of sp³-hybridized carbons (Fsp3) is 0.308. The number of hydrogen-bond acceptors (Lipinski definition) is 5. The molecule has 2 aromatic rings. The number of amides is 1. The molecule has 1 aliphatic rings. The van der Waals surface area contributed by atoms with Crippen LogP contribution in [0.3, 0.4) is 0 Å². The first kappa shape index (κ1) is 14.0. The van der Waals surface area contributed by atoms with Gasteiger partial charge >= 0.3 is 0 Å². The number of hydrogen-bond donors (Lipinski definition) is 1. The normalized spacial score (nSPS) is 14.2. The van der Waals surface area contributed by atoms with E-state index in [1.807, 2.05) is 0 Å². The average molecular weight is 311 g/mol. The van der Waals surface area contributed by atoms with E-state index in [0.717, 1.165) is 36.7 Å². The maximum Gasteiger partial charge on any atom is 0.277 e. The Bertz CT molecular complexity index is 673. The highest BCUT2D eigenvalue weighted by atomic mass is 32.2. The number of carbonyl (C=O) groups is 1. The summed E-state index contributed by atoms with van der Waals surface area (Å²) in [5.74, 6) is -1.31. The molecule has 0 unspecified atom stereocenters. The zero-order valence-corrected chi connectivity index (χ0v) is 11.6. The summed E-state index contributed by atoms with van der Waals surface area (Å²) in [6, 6.07) is 3.17. The van der Waals surface area contributed by atoms with Crippen molar-refractivity contribution in [3.8, 4) is 0 Å².